The minimum Gasteiger partial charge on any atom is -0.381 e. The van der Waals surface area contributed by atoms with Crippen LogP contribution in [0.2, 0.25) is 0 Å². The van der Waals surface area contributed by atoms with E-state index in [1.807, 2.05) is 0 Å². The molecule has 0 N–H and O–H groups in total. The van der Waals surface area contributed by atoms with Gasteiger partial charge in [0.25, 0.3) is 0 Å². The van der Waals surface area contributed by atoms with Crippen LogP contribution in [0.3, 0.4) is 0 Å². The third-order valence-corrected chi connectivity index (χ3v) is 2.84. The number of hydrogen-bond donors (Lipinski definition) is 0. The third-order valence-electron chi connectivity index (χ3n) is 2.84. The molecule has 0 saturated carbocycles. The van der Waals surface area contributed by atoms with Crippen molar-refractivity contribution in [1.82, 2.24) is 0 Å². The minimum atomic E-state index is 1.00. The Balaban J connectivity index is 0.000000203. The van der Waals surface area contributed by atoms with E-state index in [-0.39, 0.29) is 0 Å². The van der Waals surface area contributed by atoms with Crippen LogP contribution in [-0.2, 0) is 11.2 Å². The summed E-state index contributed by atoms with van der Waals surface area (Å²) >= 11 is 0. The molecule has 0 atom stereocenters. The molecule has 1 saturated heterocycles. The van der Waals surface area contributed by atoms with Gasteiger partial charge in [-0.05, 0) is 29.2 Å². The van der Waals surface area contributed by atoms with Crippen molar-refractivity contribution in [3.05, 3.63) is 48.0 Å². The van der Waals surface area contributed by atoms with Crippen molar-refractivity contribution in [3.63, 3.8) is 0 Å². The van der Waals surface area contributed by atoms with Crippen LogP contribution < -0.4 is 0 Å². The molecule has 0 bridgehead atoms. The van der Waals surface area contributed by atoms with Gasteiger partial charge in [-0.25, -0.2) is 0 Å². The van der Waals surface area contributed by atoms with Gasteiger partial charge in [0.1, 0.15) is 0 Å². The van der Waals surface area contributed by atoms with E-state index in [2.05, 4.69) is 49.4 Å². The zero-order valence-corrected chi connectivity index (χ0v) is 9.78. The maximum absolute atomic E-state index is 4.72. The van der Waals surface area contributed by atoms with Crippen molar-refractivity contribution < 1.29 is 4.74 Å². The molecular formula is C15H18O. The normalized spacial score (nSPS) is 13.8. The molecular weight excluding hydrogens is 196 g/mol. The topological polar surface area (TPSA) is 9.23 Å². The van der Waals surface area contributed by atoms with Gasteiger partial charge < -0.3 is 4.74 Å². The molecule has 16 heavy (non-hydrogen) atoms. The summed E-state index contributed by atoms with van der Waals surface area (Å²) in [5.74, 6) is 0. The van der Waals surface area contributed by atoms with Crippen LogP contribution in [0, 0.1) is 0 Å². The molecule has 0 aliphatic carbocycles. The lowest BCUT2D eigenvalue weighted by molar-refractivity contribution is 0.0367. The van der Waals surface area contributed by atoms with Gasteiger partial charge in [-0.2, -0.15) is 0 Å². The molecule has 0 spiro atoms. The quantitative estimate of drug-likeness (QED) is 0.701. The molecule has 0 aromatic heterocycles. The Morgan fingerprint density at radius 3 is 2.25 bits per heavy atom. The lowest BCUT2D eigenvalue weighted by Crippen LogP contribution is -2.09. The second-order valence-electron chi connectivity index (χ2n) is 3.96. The summed E-state index contributed by atoms with van der Waals surface area (Å²) in [6.07, 6.45) is 2.39. The average Bonchev–Trinajstić information content (AvgIpc) is 2.26. The van der Waals surface area contributed by atoms with Gasteiger partial charge in [0.15, 0.2) is 0 Å². The summed E-state index contributed by atoms with van der Waals surface area (Å²) in [6, 6.07) is 15.0. The number of aryl methyl sites for hydroxylation is 1. The van der Waals surface area contributed by atoms with Crippen LogP contribution in [0.15, 0.2) is 42.5 Å². The highest BCUT2D eigenvalue weighted by molar-refractivity contribution is 5.85. The molecule has 1 fully saturated rings. The largest absolute Gasteiger partial charge is 0.381 e. The van der Waals surface area contributed by atoms with Crippen molar-refractivity contribution in [3.8, 4) is 0 Å². The van der Waals surface area contributed by atoms with Crippen molar-refractivity contribution in [1.29, 1.82) is 0 Å². The zero-order valence-electron chi connectivity index (χ0n) is 9.78. The number of fused-ring (bicyclic) bond motifs is 1. The zero-order chi connectivity index (χ0) is 11.2. The van der Waals surface area contributed by atoms with Gasteiger partial charge >= 0.3 is 0 Å². The van der Waals surface area contributed by atoms with Gasteiger partial charge in [-0.3, -0.25) is 0 Å². The van der Waals surface area contributed by atoms with Crippen molar-refractivity contribution in [2.75, 3.05) is 13.2 Å². The van der Waals surface area contributed by atoms with Crippen molar-refractivity contribution in [2.45, 2.75) is 19.8 Å². The van der Waals surface area contributed by atoms with Crippen LogP contribution in [0.4, 0.5) is 0 Å². The predicted octanol–water partition coefficient (Wildman–Crippen LogP) is 3.81. The summed E-state index contributed by atoms with van der Waals surface area (Å²) < 4.78 is 4.72. The highest BCUT2D eigenvalue weighted by Gasteiger charge is 1.95. The summed E-state index contributed by atoms with van der Waals surface area (Å²) in [7, 11) is 0. The number of ether oxygens (including phenoxy) is 1. The fraction of sp³-hybridized carbons (Fsp3) is 0.333. The van der Waals surface area contributed by atoms with Gasteiger partial charge in [-0.15, -0.1) is 0 Å². The van der Waals surface area contributed by atoms with Gasteiger partial charge in [-0.1, -0.05) is 49.4 Å². The molecule has 0 unspecified atom stereocenters. The predicted molar refractivity (Wildman–Crippen MR) is 68.8 cm³/mol. The molecule has 1 heterocycles. The average molecular weight is 214 g/mol. The number of benzene rings is 2. The maximum Gasteiger partial charge on any atom is 0.0488 e. The standard InChI is InChI=1S/C12H12.C3H6O/c1-2-10-7-5-8-11-6-3-4-9-12(10)11;1-2-4-3-1/h3-9H,2H2,1H3;1-3H2. The fourth-order valence-electron chi connectivity index (χ4n) is 1.75. The molecule has 2 aromatic rings. The third kappa shape index (κ3) is 2.61. The van der Waals surface area contributed by atoms with Crippen LogP contribution in [0.5, 0.6) is 0 Å². The monoisotopic (exact) mass is 214 g/mol. The molecule has 3 rings (SSSR count). The SMILES string of the molecule is C1COC1.CCc1cccc2ccccc12. The Labute approximate surface area is 97.1 Å². The Kier molecular flexibility index (Phi) is 3.95. The molecule has 1 heteroatoms. The second kappa shape index (κ2) is 5.66. The molecule has 84 valence electrons. The first-order valence-corrected chi connectivity index (χ1v) is 5.96. The molecule has 1 aliphatic heterocycles. The molecule has 0 amide bonds. The summed E-state index contributed by atoms with van der Waals surface area (Å²) in [5, 5.41) is 2.74. The smallest absolute Gasteiger partial charge is 0.0488 e. The Morgan fingerprint density at radius 2 is 1.62 bits per heavy atom. The van der Waals surface area contributed by atoms with Crippen LogP contribution in [0.25, 0.3) is 10.8 Å². The highest BCUT2D eigenvalue weighted by atomic mass is 16.5. The van der Waals surface area contributed by atoms with E-state index in [4.69, 9.17) is 4.74 Å². The van der Waals surface area contributed by atoms with E-state index >= 15 is 0 Å². The first-order chi connectivity index (χ1) is 7.92. The summed E-state index contributed by atoms with van der Waals surface area (Å²) in [4.78, 5) is 0. The van der Waals surface area contributed by atoms with E-state index in [1.54, 1.807) is 0 Å². The van der Waals surface area contributed by atoms with E-state index in [0.717, 1.165) is 19.6 Å². The fourth-order valence-corrected chi connectivity index (χ4v) is 1.75. The van der Waals surface area contributed by atoms with Gasteiger partial charge in [0.2, 0.25) is 0 Å². The van der Waals surface area contributed by atoms with Gasteiger partial charge in [0.05, 0.1) is 0 Å². The van der Waals surface area contributed by atoms with E-state index in [9.17, 15) is 0 Å². The van der Waals surface area contributed by atoms with Gasteiger partial charge in [0, 0.05) is 13.2 Å². The first-order valence-electron chi connectivity index (χ1n) is 5.96. The molecule has 1 nitrogen and oxygen atoms in total. The minimum absolute atomic E-state index is 1.00. The second-order valence-corrected chi connectivity index (χ2v) is 3.96. The summed E-state index contributed by atoms with van der Waals surface area (Å²) in [5.41, 5.74) is 1.44. The molecule has 0 radical (unpaired) electrons. The Bertz CT molecular complexity index is 435. The number of rotatable bonds is 1. The van der Waals surface area contributed by atoms with E-state index in [1.165, 1.54) is 22.8 Å². The lowest BCUT2D eigenvalue weighted by Gasteiger charge is -2.09. The van der Waals surface area contributed by atoms with Crippen molar-refractivity contribution >= 4 is 10.8 Å². The summed E-state index contributed by atoms with van der Waals surface area (Å²) in [6.45, 7) is 4.20. The van der Waals surface area contributed by atoms with E-state index < -0.39 is 0 Å². The Morgan fingerprint density at radius 1 is 1.00 bits per heavy atom. The highest BCUT2D eigenvalue weighted by Crippen LogP contribution is 2.18. The van der Waals surface area contributed by atoms with Crippen LogP contribution >= 0.6 is 0 Å². The van der Waals surface area contributed by atoms with Crippen LogP contribution in [-0.4, -0.2) is 13.2 Å². The first kappa shape index (κ1) is 11.2. The number of hydrogen-bond acceptors (Lipinski definition) is 1. The van der Waals surface area contributed by atoms with Crippen LogP contribution in [0.1, 0.15) is 18.9 Å². The maximum atomic E-state index is 4.72. The molecule has 1 aliphatic rings. The van der Waals surface area contributed by atoms with E-state index in [0.29, 0.717) is 0 Å². The van der Waals surface area contributed by atoms with Crippen molar-refractivity contribution in [2.24, 2.45) is 0 Å². The molecule has 2 aromatic carbocycles. The lowest BCUT2D eigenvalue weighted by atomic mass is 10.0. The Hall–Kier alpha value is -1.34.